The highest BCUT2D eigenvalue weighted by Gasteiger charge is 2.05. The first-order chi connectivity index (χ1) is 10.1. The van der Waals surface area contributed by atoms with E-state index < -0.39 is 0 Å². The van der Waals surface area contributed by atoms with Gasteiger partial charge in [-0.3, -0.25) is 0 Å². The third-order valence-electron chi connectivity index (χ3n) is 2.89. The zero-order valence-electron chi connectivity index (χ0n) is 11.6. The predicted molar refractivity (Wildman–Crippen MR) is 92.2 cm³/mol. The van der Waals surface area contributed by atoms with Crippen LogP contribution in [0.15, 0.2) is 46.9 Å². The van der Waals surface area contributed by atoms with Gasteiger partial charge >= 0.3 is 0 Å². The number of aryl methyl sites for hydroxylation is 1. The molecule has 5 heteroatoms. The van der Waals surface area contributed by atoms with Crippen molar-refractivity contribution in [1.82, 2.24) is 0 Å². The van der Waals surface area contributed by atoms with Gasteiger partial charge in [-0.15, -0.1) is 0 Å². The molecule has 0 fully saturated rings. The monoisotopic (exact) mass is 365 g/mol. The van der Waals surface area contributed by atoms with Crippen LogP contribution in [0.25, 0.3) is 0 Å². The molecule has 0 saturated carbocycles. The van der Waals surface area contributed by atoms with E-state index in [2.05, 4.69) is 15.9 Å². The number of ether oxygens (including phenoxy) is 2. The lowest BCUT2D eigenvalue weighted by molar-refractivity contribution is 0.216. The summed E-state index contributed by atoms with van der Waals surface area (Å²) in [4.78, 5) is 0.329. The molecule has 0 spiro atoms. The van der Waals surface area contributed by atoms with E-state index in [-0.39, 0.29) is 0 Å². The smallest absolute Gasteiger partial charge is 0.129 e. The van der Waals surface area contributed by atoms with Gasteiger partial charge in [0.05, 0.1) is 5.56 Å². The molecule has 0 aromatic heterocycles. The Labute approximate surface area is 138 Å². The van der Waals surface area contributed by atoms with Crippen molar-refractivity contribution in [2.24, 2.45) is 5.73 Å². The summed E-state index contributed by atoms with van der Waals surface area (Å²) in [7, 11) is 0. The lowest BCUT2D eigenvalue weighted by atomic mass is 10.2. The maximum absolute atomic E-state index is 5.70. The zero-order valence-corrected chi connectivity index (χ0v) is 14.0. The van der Waals surface area contributed by atoms with Crippen LogP contribution in [-0.2, 0) is 0 Å². The molecule has 0 amide bonds. The number of para-hydroxylation sites is 1. The summed E-state index contributed by atoms with van der Waals surface area (Å²) in [5.41, 5.74) is 7.48. The Morgan fingerprint density at radius 3 is 2.43 bits per heavy atom. The first-order valence-electron chi connectivity index (χ1n) is 6.48. The molecule has 0 aliphatic rings. The summed E-state index contributed by atoms with van der Waals surface area (Å²) < 4.78 is 12.4. The fourth-order valence-corrected chi connectivity index (χ4v) is 2.52. The summed E-state index contributed by atoms with van der Waals surface area (Å²) in [6, 6.07) is 13.3. The van der Waals surface area contributed by atoms with Gasteiger partial charge in [-0.25, -0.2) is 0 Å². The van der Waals surface area contributed by atoms with Crippen LogP contribution >= 0.6 is 28.1 Å². The summed E-state index contributed by atoms with van der Waals surface area (Å²) in [5, 5.41) is 0. The Kier molecular flexibility index (Phi) is 5.59. The number of benzene rings is 2. The molecule has 110 valence electrons. The molecular weight excluding hydrogens is 350 g/mol. The van der Waals surface area contributed by atoms with Gasteiger partial charge < -0.3 is 15.2 Å². The van der Waals surface area contributed by atoms with E-state index in [1.807, 2.05) is 49.4 Å². The summed E-state index contributed by atoms with van der Waals surface area (Å²) >= 11 is 8.42. The number of thiocarbonyl (C=S) groups is 1. The third-order valence-corrected chi connectivity index (χ3v) is 3.60. The van der Waals surface area contributed by atoms with Crippen LogP contribution in [0.3, 0.4) is 0 Å². The molecule has 2 rings (SSSR count). The second-order valence-corrected chi connectivity index (χ2v) is 5.82. The zero-order chi connectivity index (χ0) is 15.2. The Bertz CT molecular complexity index is 646. The molecular formula is C16H16BrNO2S. The average molecular weight is 366 g/mol. The molecule has 3 nitrogen and oxygen atoms in total. The minimum Gasteiger partial charge on any atom is -0.490 e. The molecule has 0 heterocycles. The average Bonchev–Trinajstić information content (AvgIpc) is 2.45. The van der Waals surface area contributed by atoms with E-state index in [1.165, 1.54) is 0 Å². The summed E-state index contributed by atoms with van der Waals surface area (Å²) in [5.74, 6) is 1.53. The van der Waals surface area contributed by atoms with Crippen LogP contribution in [-0.4, -0.2) is 18.2 Å². The molecule has 2 N–H and O–H groups in total. The Hall–Kier alpha value is -1.59. The van der Waals surface area contributed by atoms with Crippen LogP contribution in [0.5, 0.6) is 11.5 Å². The Morgan fingerprint density at radius 1 is 1.10 bits per heavy atom. The van der Waals surface area contributed by atoms with E-state index in [0.717, 1.165) is 21.3 Å². The maximum atomic E-state index is 5.70. The van der Waals surface area contributed by atoms with Crippen molar-refractivity contribution in [3.8, 4) is 11.5 Å². The van der Waals surface area contributed by atoms with Crippen molar-refractivity contribution in [3.63, 3.8) is 0 Å². The van der Waals surface area contributed by atoms with Gasteiger partial charge in [-0.1, -0.05) is 40.3 Å². The van der Waals surface area contributed by atoms with Crippen LogP contribution < -0.4 is 15.2 Å². The molecule has 0 aliphatic carbocycles. The third kappa shape index (κ3) is 4.44. The number of hydrogen-bond acceptors (Lipinski definition) is 3. The van der Waals surface area contributed by atoms with Gasteiger partial charge in [0.25, 0.3) is 0 Å². The maximum Gasteiger partial charge on any atom is 0.129 e. The highest BCUT2D eigenvalue weighted by atomic mass is 79.9. The second-order valence-electron chi connectivity index (χ2n) is 4.47. The van der Waals surface area contributed by atoms with Crippen molar-refractivity contribution in [1.29, 1.82) is 0 Å². The van der Waals surface area contributed by atoms with Crippen molar-refractivity contribution < 1.29 is 9.47 Å². The van der Waals surface area contributed by atoms with E-state index in [9.17, 15) is 0 Å². The summed E-state index contributed by atoms with van der Waals surface area (Å²) in [6.07, 6.45) is 0. The quantitative estimate of drug-likeness (QED) is 0.623. The lowest BCUT2D eigenvalue weighted by Gasteiger charge is -2.12. The summed E-state index contributed by atoms with van der Waals surface area (Å²) in [6.45, 7) is 2.88. The molecule has 0 aliphatic heterocycles. The fourth-order valence-electron chi connectivity index (χ4n) is 1.87. The minimum atomic E-state index is 0.329. The van der Waals surface area contributed by atoms with Crippen molar-refractivity contribution in [3.05, 3.63) is 58.1 Å². The molecule has 21 heavy (non-hydrogen) atoms. The highest BCUT2D eigenvalue weighted by Crippen LogP contribution is 2.22. The highest BCUT2D eigenvalue weighted by molar-refractivity contribution is 9.10. The lowest BCUT2D eigenvalue weighted by Crippen LogP contribution is -2.14. The first kappa shape index (κ1) is 15.8. The SMILES string of the molecule is Cc1cc(Br)ccc1OCCOc1ccccc1C(N)=S. The van der Waals surface area contributed by atoms with Crippen LogP contribution in [0, 0.1) is 6.92 Å². The Morgan fingerprint density at radius 2 is 1.76 bits per heavy atom. The van der Waals surface area contributed by atoms with Gasteiger partial charge in [-0.2, -0.15) is 0 Å². The van der Waals surface area contributed by atoms with E-state index in [4.69, 9.17) is 27.4 Å². The topological polar surface area (TPSA) is 44.5 Å². The minimum absolute atomic E-state index is 0.329. The molecule has 2 aromatic carbocycles. The normalized spacial score (nSPS) is 10.2. The number of hydrogen-bond donors (Lipinski definition) is 1. The molecule has 0 radical (unpaired) electrons. The van der Waals surface area contributed by atoms with Crippen molar-refractivity contribution in [2.75, 3.05) is 13.2 Å². The first-order valence-corrected chi connectivity index (χ1v) is 7.68. The molecule has 0 unspecified atom stereocenters. The fraction of sp³-hybridized carbons (Fsp3) is 0.188. The largest absolute Gasteiger partial charge is 0.490 e. The Balaban J connectivity index is 1.89. The van der Waals surface area contributed by atoms with Gasteiger partial charge in [0, 0.05) is 4.47 Å². The van der Waals surface area contributed by atoms with Crippen LogP contribution in [0.4, 0.5) is 0 Å². The number of rotatable bonds is 6. The van der Waals surface area contributed by atoms with Crippen molar-refractivity contribution in [2.45, 2.75) is 6.92 Å². The van der Waals surface area contributed by atoms with Gasteiger partial charge in [0.1, 0.15) is 29.7 Å². The van der Waals surface area contributed by atoms with E-state index >= 15 is 0 Å². The number of nitrogens with two attached hydrogens (primary N) is 1. The van der Waals surface area contributed by atoms with E-state index in [0.29, 0.717) is 24.0 Å². The molecule has 0 atom stereocenters. The standard InChI is InChI=1S/C16H16BrNO2S/c1-11-10-12(17)6-7-14(11)19-8-9-20-15-5-3-2-4-13(15)16(18)21/h2-7,10H,8-9H2,1H3,(H2,18,21). The molecule has 0 bridgehead atoms. The number of halogens is 1. The van der Waals surface area contributed by atoms with Crippen LogP contribution in [0.1, 0.15) is 11.1 Å². The van der Waals surface area contributed by atoms with Gasteiger partial charge in [0.2, 0.25) is 0 Å². The molecule has 2 aromatic rings. The molecule has 0 saturated heterocycles. The van der Waals surface area contributed by atoms with Crippen molar-refractivity contribution >= 4 is 33.1 Å². The van der Waals surface area contributed by atoms with Gasteiger partial charge in [0.15, 0.2) is 0 Å². The predicted octanol–water partition coefficient (Wildman–Crippen LogP) is 3.85. The van der Waals surface area contributed by atoms with Gasteiger partial charge in [-0.05, 0) is 42.8 Å². The van der Waals surface area contributed by atoms with E-state index in [1.54, 1.807) is 0 Å². The van der Waals surface area contributed by atoms with Crippen LogP contribution in [0.2, 0.25) is 0 Å². The second kappa shape index (κ2) is 7.43.